The Morgan fingerprint density at radius 1 is 1.42 bits per heavy atom. The summed E-state index contributed by atoms with van der Waals surface area (Å²) in [7, 11) is 1.63. The fraction of sp³-hybridized carbons (Fsp3) is 0.308. The minimum atomic E-state index is 0.433. The maximum absolute atomic E-state index is 5.78. The van der Waals surface area contributed by atoms with Gasteiger partial charge in [-0.2, -0.15) is 0 Å². The van der Waals surface area contributed by atoms with Crippen molar-refractivity contribution in [2.45, 2.75) is 13.0 Å². The van der Waals surface area contributed by atoms with Gasteiger partial charge in [-0.15, -0.1) is 11.3 Å². The summed E-state index contributed by atoms with van der Waals surface area (Å²) in [6, 6.07) is 3.96. The molecule has 19 heavy (non-hydrogen) atoms. The monoisotopic (exact) mass is 342 g/mol. The SMILES string of the molecule is COc1cc(CCN)cc(Br)c1OCc1nccs1. The predicted octanol–water partition coefficient (Wildman–Crippen LogP) is 2.99. The standard InChI is InChI=1S/C13H15BrN2O2S/c1-17-11-7-9(2-3-15)6-10(14)13(11)18-8-12-16-4-5-19-12/h4-7H,2-3,8,15H2,1H3. The average molecular weight is 343 g/mol. The first kappa shape index (κ1) is 14.3. The van der Waals surface area contributed by atoms with Gasteiger partial charge in [-0.3, -0.25) is 0 Å². The molecule has 0 saturated carbocycles. The van der Waals surface area contributed by atoms with Crippen LogP contribution in [0.3, 0.4) is 0 Å². The Kier molecular flexibility index (Phi) is 5.18. The van der Waals surface area contributed by atoms with Crippen molar-refractivity contribution < 1.29 is 9.47 Å². The smallest absolute Gasteiger partial charge is 0.175 e. The van der Waals surface area contributed by atoms with Gasteiger partial charge >= 0.3 is 0 Å². The molecule has 0 atom stereocenters. The number of halogens is 1. The van der Waals surface area contributed by atoms with Crippen molar-refractivity contribution in [3.05, 3.63) is 38.8 Å². The highest BCUT2D eigenvalue weighted by Gasteiger charge is 2.12. The first-order chi connectivity index (χ1) is 9.24. The number of nitrogens with zero attached hydrogens (tertiary/aromatic N) is 1. The van der Waals surface area contributed by atoms with Crippen molar-refractivity contribution in [1.82, 2.24) is 4.98 Å². The fourth-order valence-corrected chi connectivity index (χ4v) is 2.81. The van der Waals surface area contributed by atoms with E-state index in [-0.39, 0.29) is 0 Å². The molecule has 6 heteroatoms. The number of aromatic nitrogens is 1. The van der Waals surface area contributed by atoms with Gasteiger partial charge in [0.25, 0.3) is 0 Å². The lowest BCUT2D eigenvalue weighted by molar-refractivity contribution is 0.282. The van der Waals surface area contributed by atoms with E-state index in [0.717, 1.165) is 21.5 Å². The van der Waals surface area contributed by atoms with Gasteiger partial charge in [0.15, 0.2) is 11.5 Å². The van der Waals surface area contributed by atoms with Gasteiger partial charge in [0.2, 0.25) is 0 Å². The lowest BCUT2D eigenvalue weighted by atomic mass is 10.1. The van der Waals surface area contributed by atoms with Crippen molar-refractivity contribution in [2.24, 2.45) is 5.73 Å². The van der Waals surface area contributed by atoms with Crippen molar-refractivity contribution in [3.8, 4) is 11.5 Å². The molecule has 4 nitrogen and oxygen atoms in total. The highest BCUT2D eigenvalue weighted by molar-refractivity contribution is 9.10. The van der Waals surface area contributed by atoms with Crippen LogP contribution in [0.2, 0.25) is 0 Å². The third-order valence-electron chi connectivity index (χ3n) is 2.55. The number of ether oxygens (including phenoxy) is 2. The van der Waals surface area contributed by atoms with Crippen LogP contribution in [0.1, 0.15) is 10.6 Å². The summed E-state index contributed by atoms with van der Waals surface area (Å²) in [6.45, 7) is 1.04. The molecule has 2 rings (SSSR count). The minimum absolute atomic E-state index is 0.433. The second kappa shape index (κ2) is 6.88. The molecule has 0 unspecified atom stereocenters. The van der Waals surface area contributed by atoms with E-state index < -0.39 is 0 Å². The summed E-state index contributed by atoms with van der Waals surface area (Å²) in [5.74, 6) is 1.40. The van der Waals surface area contributed by atoms with Crippen LogP contribution in [0.4, 0.5) is 0 Å². The fourth-order valence-electron chi connectivity index (χ4n) is 1.68. The van der Waals surface area contributed by atoms with Crippen LogP contribution in [0, 0.1) is 0 Å². The number of methoxy groups -OCH3 is 1. The Bertz CT molecular complexity index is 532. The van der Waals surface area contributed by atoms with E-state index in [1.54, 1.807) is 24.6 Å². The topological polar surface area (TPSA) is 57.4 Å². The van der Waals surface area contributed by atoms with Crippen molar-refractivity contribution in [3.63, 3.8) is 0 Å². The maximum atomic E-state index is 5.78. The number of hydrogen-bond acceptors (Lipinski definition) is 5. The highest BCUT2D eigenvalue weighted by atomic mass is 79.9. The Hall–Kier alpha value is -1.11. The third-order valence-corrected chi connectivity index (χ3v) is 3.89. The molecule has 0 spiro atoms. The first-order valence-electron chi connectivity index (χ1n) is 5.82. The van der Waals surface area contributed by atoms with E-state index in [2.05, 4.69) is 20.9 Å². The van der Waals surface area contributed by atoms with Crippen LogP contribution in [0.15, 0.2) is 28.2 Å². The summed E-state index contributed by atoms with van der Waals surface area (Å²) in [5.41, 5.74) is 6.69. The first-order valence-corrected chi connectivity index (χ1v) is 7.49. The van der Waals surface area contributed by atoms with Crippen LogP contribution in [0.5, 0.6) is 11.5 Å². The average Bonchev–Trinajstić information content (AvgIpc) is 2.90. The lowest BCUT2D eigenvalue weighted by Crippen LogP contribution is -2.04. The minimum Gasteiger partial charge on any atom is -0.493 e. The molecule has 0 saturated heterocycles. The summed E-state index contributed by atoms with van der Waals surface area (Å²) in [5, 5.41) is 2.86. The van der Waals surface area contributed by atoms with Crippen molar-refractivity contribution in [2.75, 3.05) is 13.7 Å². The van der Waals surface area contributed by atoms with Crippen molar-refractivity contribution in [1.29, 1.82) is 0 Å². The summed E-state index contributed by atoms with van der Waals surface area (Å²) < 4.78 is 12.0. The Morgan fingerprint density at radius 3 is 2.89 bits per heavy atom. The molecule has 102 valence electrons. The number of hydrogen-bond donors (Lipinski definition) is 1. The molecule has 1 heterocycles. The van der Waals surface area contributed by atoms with Crippen LogP contribution >= 0.6 is 27.3 Å². The molecule has 1 aromatic carbocycles. The van der Waals surface area contributed by atoms with Gasteiger partial charge in [0.1, 0.15) is 11.6 Å². The molecule has 2 aromatic rings. The van der Waals surface area contributed by atoms with E-state index >= 15 is 0 Å². The van der Waals surface area contributed by atoms with E-state index in [4.69, 9.17) is 15.2 Å². The van der Waals surface area contributed by atoms with Gasteiger partial charge in [-0.25, -0.2) is 4.98 Å². The molecular weight excluding hydrogens is 328 g/mol. The van der Waals surface area contributed by atoms with Crippen LogP contribution < -0.4 is 15.2 Å². The normalized spacial score (nSPS) is 10.5. The number of nitrogens with two attached hydrogens (primary N) is 1. The van der Waals surface area contributed by atoms with Crippen LogP contribution in [-0.4, -0.2) is 18.6 Å². The van der Waals surface area contributed by atoms with Gasteiger partial charge < -0.3 is 15.2 Å². The van der Waals surface area contributed by atoms with Crippen LogP contribution in [-0.2, 0) is 13.0 Å². The third kappa shape index (κ3) is 3.68. The molecule has 2 N–H and O–H groups in total. The lowest BCUT2D eigenvalue weighted by Gasteiger charge is -2.13. The molecule has 0 aliphatic rings. The molecule has 0 bridgehead atoms. The highest BCUT2D eigenvalue weighted by Crippen LogP contribution is 2.37. The second-order valence-corrected chi connectivity index (χ2v) is 5.70. The molecule has 0 fully saturated rings. The van der Waals surface area contributed by atoms with E-state index in [0.29, 0.717) is 24.7 Å². The van der Waals surface area contributed by atoms with Gasteiger partial charge in [-0.05, 0) is 46.6 Å². The summed E-state index contributed by atoms with van der Waals surface area (Å²) in [4.78, 5) is 4.18. The number of thiazole rings is 1. The quantitative estimate of drug-likeness (QED) is 0.876. The van der Waals surface area contributed by atoms with E-state index in [9.17, 15) is 0 Å². The number of benzene rings is 1. The zero-order valence-corrected chi connectivity index (χ0v) is 13.0. The Morgan fingerprint density at radius 2 is 2.26 bits per heavy atom. The molecule has 0 aliphatic heterocycles. The summed E-state index contributed by atoms with van der Waals surface area (Å²) >= 11 is 5.07. The molecule has 0 amide bonds. The van der Waals surface area contributed by atoms with E-state index in [1.807, 2.05) is 17.5 Å². The maximum Gasteiger partial charge on any atom is 0.175 e. The second-order valence-electron chi connectivity index (χ2n) is 3.86. The zero-order valence-electron chi connectivity index (χ0n) is 10.6. The van der Waals surface area contributed by atoms with Gasteiger partial charge in [0, 0.05) is 11.6 Å². The summed E-state index contributed by atoms with van der Waals surface area (Å²) in [6.07, 6.45) is 2.57. The van der Waals surface area contributed by atoms with Crippen LogP contribution in [0.25, 0.3) is 0 Å². The molecule has 0 radical (unpaired) electrons. The molecular formula is C13H15BrN2O2S. The molecule has 0 aliphatic carbocycles. The van der Waals surface area contributed by atoms with Crippen molar-refractivity contribution >= 4 is 27.3 Å². The van der Waals surface area contributed by atoms with Gasteiger partial charge in [0.05, 0.1) is 11.6 Å². The van der Waals surface area contributed by atoms with Gasteiger partial charge in [-0.1, -0.05) is 0 Å². The Labute approximate surface area is 124 Å². The van der Waals surface area contributed by atoms with E-state index in [1.165, 1.54) is 0 Å². The zero-order chi connectivity index (χ0) is 13.7. The largest absolute Gasteiger partial charge is 0.493 e. The molecule has 1 aromatic heterocycles. The Balaban J connectivity index is 2.18. The number of rotatable bonds is 6. The predicted molar refractivity (Wildman–Crippen MR) is 79.9 cm³/mol.